The van der Waals surface area contributed by atoms with Crippen LogP contribution in [0.3, 0.4) is 0 Å². The average Bonchev–Trinajstić information content (AvgIpc) is 2.35. The van der Waals surface area contributed by atoms with Crippen LogP contribution in [0.25, 0.3) is 0 Å². The molecular weight excluding hydrogens is 146 g/mol. The zero-order chi connectivity index (χ0) is 8.69. The molecule has 5 N–H and O–H groups in total. The second-order valence-electron chi connectivity index (χ2n) is 2.05. The van der Waals surface area contributed by atoms with Crippen LogP contribution in [-0.4, -0.2) is 24.9 Å². The fraction of sp³-hybridized carbons (Fsp3) is 0.667. The van der Waals surface area contributed by atoms with Crippen molar-refractivity contribution in [1.82, 2.24) is 5.32 Å². The van der Waals surface area contributed by atoms with Gasteiger partial charge in [-0.05, 0) is 0 Å². The molecule has 1 rings (SSSR count). The molecule has 0 aliphatic carbocycles. The molecule has 1 saturated heterocycles. The molecule has 0 aromatic heterocycles. The number of nitrogens with two attached hydrogens (primary N) is 2. The van der Waals surface area contributed by atoms with Crippen molar-refractivity contribution in [2.45, 2.75) is 12.8 Å². The molecule has 1 heterocycles. The molecule has 11 heavy (non-hydrogen) atoms. The molecule has 1 aliphatic rings. The van der Waals surface area contributed by atoms with E-state index in [1.807, 2.05) is 0 Å². The summed E-state index contributed by atoms with van der Waals surface area (Å²) >= 11 is 0. The van der Waals surface area contributed by atoms with Crippen molar-refractivity contribution >= 4 is 11.8 Å². The Labute approximate surface area is 65.1 Å². The van der Waals surface area contributed by atoms with Gasteiger partial charge in [-0.25, -0.2) is 0 Å². The highest BCUT2D eigenvalue weighted by molar-refractivity contribution is 6.01. The second kappa shape index (κ2) is 5.82. The molecule has 2 amide bonds. The molecule has 0 aromatic carbocycles. The minimum Gasteiger partial charge on any atom is -0.329 e. The molecule has 5 nitrogen and oxygen atoms in total. The smallest absolute Gasteiger partial charge is 0.227 e. The van der Waals surface area contributed by atoms with Gasteiger partial charge in [0.1, 0.15) is 0 Å². The van der Waals surface area contributed by atoms with E-state index in [0.29, 0.717) is 25.9 Å². The SMILES string of the molecule is NCCN.O=C1CCC(=O)N1. The van der Waals surface area contributed by atoms with Crippen LogP contribution < -0.4 is 16.8 Å². The van der Waals surface area contributed by atoms with Crippen LogP contribution >= 0.6 is 0 Å². The van der Waals surface area contributed by atoms with E-state index in [2.05, 4.69) is 5.32 Å². The summed E-state index contributed by atoms with van der Waals surface area (Å²) in [5.41, 5.74) is 9.81. The zero-order valence-corrected chi connectivity index (χ0v) is 6.30. The first-order valence-corrected chi connectivity index (χ1v) is 3.43. The molecule has 0 saturated carbocycles. The van der Waals surface area contributed by atoms with Crippen molar-refractivity contribution in [2.75, 3.05) is 13.1 Å². The summed E-state index contributed by atoms with van der Waals surface area (Å²) in [5.74, 6) is -0.296. The standard InChI is InChI=1S/C4H5NO2.C2H8N2/c6-3-1-2-4(7)5-3;3-1-2-4/h1-2H2,(H,5,6,7);1-4H2. The number of rotatable bonds is 1. The molecule has 64 valence electrons. The summed E-state index contributed by atoms with van der Waals surface area (Å²) in [5, 5.41) is 2.14. The minimum absolute atomic E-state index is 0.148. The summed E-state index contributed by atoms with van der Waals surface area (Å²) in [6.07, 6.45) is 0.748. The zero-order valence-electron chi connectivity index (χ0n) is 6.30. The van der Waals surface area contributed by atoms with E-state index in [-0.39, 0.29) is 11.8 Å². The number of hydrogen-bond donors (Lipinski definition) is 3. The summed E-state index contributed by atoms with van der Waals surface area (Å²) in [4.78, 5) is 20.2. The van der Waals surface area contributed by atoms with E-state index >= 15 is 0 Å². The third kappa shape index (κ3) is 5.50. The first kappa shape index (κ1) is 10.1. The lowest BCUT2D eigenvalue weighted by atomic mass is 10.4. The van der Waals surface area contributed by atoms with Crippen molar-refractivity contribution in [3.05, 3.63) is 0 Å². The highest BCUT2D eigenvalue weighted by Gasteiger charge is 2.15. The molecule has 0 spiro atoms. The fourth-order valence-corrected chi connectivity index (χ4v) is 0.508. The topological polar surface area (TPSA) is 98.2 Å². The Morgan fingerprint density at radius 2 is 1.45 bits per heavy atom. The highest BCUT2D eigenvalue weighted by atomic mass is 16.2. The van der Waals surface area contributed by atoms with Gasteiger partial charge in [-0.3, -0.25) is 14.9 Å². The fourth-order valence-electron chi connectivity index (χ4n) is 0.508. The predicted octanol–water partition coefficient (Wildman–Crippen LogP) is -1.67. The van der Waals surface area contributed by atoms with Gasteiger partial charge >= 0.3 is 0 Å². The van der Waals surface area contributed by atoms with E-state index in [9.17, 15) is 9.59 Å². The third-order valence-corrected chi connectivity index (χ3v) is 1.02. The Kier molecular flexibility index (Phi) is 5.32. The lowest BCUT2D eigenvalue weighted by Gasteiger charge is -1.79. The number of nitrogens with one attached hydrogen (secondary N) is 1. The van der Waals surface area contributed by atoms with Crippen LogP contribution in [0.2, 0.25) is 0 Å². The first-order chi connectivity index (χ1) is 5.20. The molecule has 5 heteroatoms. The normalized spacial score (nSPS) is 15.5. The van der Waals surface area contributed by atoms with Crippen molar-refractivity contribution < 1.29 is 9.59 Å². The number of carbonyl (C=O) groups excluding carboxylic acids is 2. The minimum atomic E-state index is -0.148. The summed E-state index contributed by atoms with van der Waals surface area (Å²) in [6.45, 7) is 1.19. The number of hydrogen-bond acceptors (Lipinski definition) is 4. The van der Waals surface area contributed by atoms with Gasteiger partial charge in [-0.2, -0.15) is 0 Å². The molecule has 0 aromatic rings. The lowest BCUT2D eigenvalue weighted by molar-refractivity contribution is -0.124. The van der Waals surface area contributed by atoms with Crippen LogP contribution in [0.4, 0.5) is 0 Å². The van der Waals surface area contributed by atoms with Gasteiger partial charge in [0.2, 0.25) is 11.8 Å². The molecule has 0 atom stereocenters. The van der Waals surface area contributed by atoms with E-state index in [1.54, 1.807) is 0 Å². The van der Waals surface area contributed by atoms with Crippen molar-refractivity contribution in [3.8, 4) is 0 Å². The van der Waals surface area contributed by atoms with E-state index in [4.69, 9.17) is 11.5 Å². The van der Waals surface area contributed by atoms with E-state index < -0.39 is 0 Å². The Morgan fingerprint density at radius 1 is 1.09 bits per heavy atom. The summed E-state index contributed by atoms with van der Waals surface area (Å²) in [7, 11) is 0. The maximum Gasteiger partial charge on any atom is 0.227 e. The molecule has 0 unspecified atom stereocenters. The molecule has 1 fully saturated rings. The second-order valence-corrected chi connectivity index (χ2v) is 2.05. The van der Waals surface area contributed by atoms with Crippen LogP contribution in [-0.2, 0) is 9.59 Å². The quantitative estimate of drug-likeness (QED) is 0.398. The van der Waals surface area contributed by atoms with Gasteiger partial charge in [0, 0.05) is 25.9 Å². The summed E-state index contributed by atoms with van der Waals surface area (Å²) < 4.78 is 0. The van der Waals surface area contributed by atoms with Gasteiger partial charge in [0.05, 0.1) is 0 Å². The van der Waals surface area contributed by atoms with Crippen LogP contribution in [0.5, 0.6) is 0 Å². The van der Waals surface area contributed by atoms with Crippen LogP contribution in [0.15, 0.2) is 0 Å². The van der Waals surface area contributed by atoms with E-state index in [0.717, 1.165) is 0 Å². The maximum absolute atomic E-state index is 10.1. The number of imide groups is 1. The Bertz CT molecular complexity index is 131. The first-order valence-electron chi connectivity index (χ1n) is 3.43. The Balaban J connectivity index is 0.000000218. The van der Waals surface area contributed by atoms with Crippen molar-refractivity contribution in [1.29, 1.82) is 0 Å². The van der Waals surface area contributed by atoms with Gasteiger partial charge < -0.3 is 11.5 Å². The predicted molar refractivity (Wildman–Crippen MR) is 40.5 cm³/mol. The maximum atomic E-state index is 10.1. The summed E-state index contributed by atoms with van der Waals surface area (Å²) in [6, 6.07) is 0. The molecular formula is C6H13N3O2. The molecule has 0 bridgehead atoms. The van der Waals surface area contributed by atoms with Gasteiger partial charge in [-0.15, -0.1) is 0 Å². The molecule has 1 aliphatic heterocycles. The van der Waals surface area contributed by atoms with Crippen molar-refractivity contribution in [3.63, 3.8) is 0 Å². The molecule has 0 radical (unpaired) electrons. The van der Waals surface area contributed by atoms with Gasteiger partial charge in [-0.1, -0.05) is 0 Å². The van der Waals surface area contributed by atoms with Gasteiger partial charge in [0.15, 0.2) is 0 Å². The average molecular weight is 159 g/mol. The van der Waals surface area contributed by atoms with Crippen LogP contribution in [0.1, 0.15) is 12.8 Å². The van der Waals surface area contributed by atoms with Gasteiger partial charge in [0.25, 0.3) is 0 Å². The highest BCUT2D eigenvalue weighted by Crippen LogP contribution is 1.95. The van der Waals surface area contributed by atoms with Crippen LogP contribution in [0, 0.1) is 0 Å². The Morgan fingerprint density at radius 3 is 1.55 bits per heavy atom. The monoisotopic (exact) mass is 159 g/mol. The van der Waals surface area contributed by atoms with Crippen molar-refractivity contribution in [2.24, 2.45) is 11.5 Å². The third-order valence-electron chi connectivity index (χ3n) is 1.02. The largest absolute Gasteiger partial charge is 0.329 e. The lowest BCUT2D eigenvalue weighted by Crippen LogP contribution is -2.18. The number of carbonyl (C=O) groups is 2. The van der Waals surface area contributed by atoms with E-state index in [1.165, 1.54) is 0 Å². The Hall–Kier alpha value is -0.940. The number of amides is 2.